The van der Waals surface area contributed by atoms with Gasteiger partial charge in [0.25, 0.3) is 0 Å². The van der Waals surface area contributed by atoms with E-state index in [1.807, 2.05) is 6.07 Å². The second-order valence-electron chi connectivity index (χ2n) is 5.68. The number of rotatable bonds is 1. The molecular weight excluding hydrogens is 327 g/mol. The Kier molecular flexibility index (Phi) is 3.32. The van der Waals surface area contributed by atoms with Gasteiger partial charge in [-0.15, -0.1) is 0 Å². The molecule has 24 heavy (non-hydrogen) atoms. The van der Waals surface area contributed by atoms with Crippen LogP contribution in [-0.2, 0) is 0 Å². The van der Waals surface area contributed by atoms with Gasteiger partial charge in [0.05, 0.1) is 0 Å². The summed E-state index contributed by atoms with van der Waals surface area (Å²) in [5.41, 5.74) is 1.18. The van der Waals surface area contributed by atoms with Crippen LogP contribution in [0, 0.1) is 5.82 Å². The second kappa shape index (κ2) is 5.39. The largest absolute Gasteiger partial charge is 0.508 e. The van der Waals surface area contributed by atoms with E-state index in [1.165, 1.54) is 18.2 Å². The van der Waals surface area contributed by atoms with E-state index in [0.717, 1.165) is 10.8 Å². The van der Waals surface area contributed by atoms with Gasteiger partial charge in [0.1, 0.15) is 17.3 Å². The Morgan fingerprint density at radius 1 is 0.750 bits per heavy atom. The van der Waals surface area contributed by atoms with Gasteiger partial charge in [-0.25, -0.2) is 4.39 Å². The van der Waals surface area contributed by atoms with Crippen LogP contribution in [0.15, 0.2) is 60.7 Å². The minimum absolute atomic E-state index is 0.0565. The average Bonchev–Trinajstić information content (AvgIpc) is 2.55. The highest BCUT2D eigenvalue weighted by molar-refractivity contribution is 6.31. The van der Waals surface area contributed by atoms with Gasteiger partial charge >= 0.3 is 0 Å². The lowest BCUT2D eigenvalue weighted by Gasteiger charge is -2.13. The van der Waals surface area contributed by atoms with Gasteiger partial charge in [0.15, 0.2) is 0 Å². The number of hydrogen-bond donors (Lipinski definition) is 2. The number of benzene rings is 4. The highest BCUT2D eigenvalue weighted by Gasteiger charge is 2.14. The molecule has 4 aromatic carbocycles. The second-order valence-corrected chi connectivity index (χ2v) is 6.12. The van der Waals surface area contributed by atoms with E-state index in [9.17, 15) is 14.6 Å². The smallest absolute Gasteiger partial charge is 0.124 e. The molecule has 0 spiro atoms. The number of aromatic hydroxyl groups is 2. The monoisotopic (exact) mass is 338 g/mol. The third kappa shape index (κ3) is 2.34. The maximum Gasteiger partial charge on any atom is 0.124 e. The van der Waals surface area contributed by atoms with Crippen molar-refractivity contribution >= 4 is 33.1 Å². The molecule has 2 N–H and O–H groups in total. The minimum atomic E-state index is -0.344. The third-order valence-electron chi connectivity index (χ3n) is 4.13. The molecule has 0 aliphatic rings. The Morgan fingerprint density at radius 2 is 1.50 bits per heavy atom. The molecule has 0 amide bonds. The summed E-state index contributed by atoms with van der Waals surface area (Å²) in [4.78, 5) is 0. The predicted octanol–water partition coefficient (Wildman–Crippen LogP) is 5.86. The maximum absolute atomic E-state index is 13.5. The van der Waals surface area contributed by atoms with Crippen LogP contribution in [0.5, 0.6) is 11.5 Å². The van der Waals surface area contributed by atoms with Crippen LogP contribution >= 0.6 is 11.6 Å². The van der Waals surface area contributed by atoms with E-state index in [0.29, 0.717) is 26.9 Å². The van der Waals surface area contributed by atoms with Crippen LogP contribution in [0.2, 0.25) is 5.02 Å². The van der Waals surface area contributed by atoms with Gasteiger partial charge in [0.2, 0.25) is 0 Å². The van der Waals surface area contributed by atoms with Crippen molar-refractivity contribution in [3.05, 3.63) is 71.5 Å². The molecule has 0 atom stereocenters. The van der Waals surface area contributed by atoms with Gasteiger partial charge in [-0.05, 0) is 69.6 Å². The van der Waals surface area contributed by atoms with Gasteiger partial charge in [-0.2, -0.15) is 0 Å². The van der Waals surface area contributed by atoms with E-state index in [2.05, 4.69) is 0 Å². The first-order valence-electron chi connectivity index (χ1n) is 7.37. The summed E-state index contributed by atoms with van der Waals surface area (Å²) < 4.78 is 13.5. The average molecular weight is 339 g/mol. The molecular formula is C20H12ClFO2. The van der Waals surface area contributed by atoms with Crippen LogP contribution in [0.1, 0.15) is 0 Å². The van der Waals surface area contributed by atoms with Crippen molar-refractivity contribution in [3.8, 4) is 22.6 Å². The Hall–Kier alpha value is -2.78. The molecule has 0 unspecified atom stereocenters. The number of halogens is 2. The summed E-state index contributed by atoms with van der Waals surface area (Å²) in [6.07, 6.45) is 0. The van der Waals surface area contributed by atoms with Crippen molar-refractivity contribution in [2.75, 3.05) is 0 Å². The molecule has 0 saturated heterocycles. The van der Waals surface area contributed by atoms with Gasteiger partial charge in [-0.1, -0.05) is 29.8 Å². The van der Waals surface area contributed by atoms with Crippen molar-refractivity contribution < 1.29 is 14.6 Å². The molecule has 4 aromatic rings. The van der Waals surface area contributed by atoms with E-state index in [1.54, 1.807) is 36.4 Å². The zero-order valence-electron chi connectivity index (χ0n) is 12.4. The fourth-order valence-electron chi connectivity index (χ4n) is 3.09. The summed E-state index contributed by atoms with van der Waals surface area (Å²) in [6.45, 7) is 0. The molecule has 2 nitrogen and oxygen atoms in total. The van der Waals surface area contributed by atoms with Gasteiger partial charge in [-0.3, -0.25) is 0 Å². The topological polar surface area (TPSA) is 40.5 Å². The number of fused-ring (bicyclic) bond motifs is 2. The predicted molar refractivity (Wildman–Crippen MR) is 95.2 cm³/mol. The van der Waals surface area contributed by atoms with E-state index in [-0.39, 0.29) is 17.3 Å². The van der Waals surface area contributed by atoms with Crippen molar-refractivity contribution in [1.82, 2.24) is 0 Å². The van der Waals surface area contributed by atoms with Gasteiger partial charge < -0.3 is 10.2 Å². The Balaban J connectivity index is 2.17. The molecule has 118 valence electrons. The Morgan fingerprint density at radius 3 is 2.33 bits per heavy atom. The standard InChI is InChI=1S/C20H12ClFO2/c21-13-3-1-12-8-15(23)10-18(17(12)9-13)20-16-5-4-14(22)7-11(16)2-6-19(20)24/h1-10,23-24H. The SMILES string of the molecule is Oc1cc(-c2c(O)ccc3cc(F)ccc23)c2cc(Cl)ccc2c1. The van der Waals surface area contributed by atoms with Crippen LogP contribution in [0.3, 0.4) is 0 Å². The first-order valence-corrected chi connectivity index (χ1v) is 7.74. The highest BCUT2D eigenvalue weighted by atomic mass is 35.5. The summed E-state index contributed by atoms with van der Waals surface area (Å²) in [6, 6.07) is 16.1. The molecule has 4 heteroatoms. The lowest BCUT2D eigenvalue weighted by atomic mass is 9.93. The molecule has 0 aromatic heterocycles. The van der Waals surface area contributed by atoms with Crippen molar-refractivity contribution in [2.45, 2.75) is 0 Å². The summed E-state index contributed by atoms with van der Waals surface area (Å²) in [7, 11) is 0. The normalized spacial score (nSPS) is 11.2. The van der Waals surface area contributed by atoms with Crippen molar-refractivity contribution in [1.29, 1.82) is 0 Å². The zero-order valence-corrected chi connectivity index (χ0v) is 13.2. The first-order chi connectivity index (χ1) is 11.5. The molecule has 0 fully saturated rings. The summed E-state index contributed by atoms with van der Waals surface area (Å²) in [5.74, 6) is -0.206. The molecule has 0 aliphatic carbocycles. The Labute approximate surface area is 142 Å². The van der Waals surface area contributed by atoms with Crippen molar-refractivity contribution in [3.63, 3.8) is 0 Å². The number of hydrogen-bond acceptors (Lipinski definition) is 2. The van der Waals surface area contributed by atoms with Gasteiger partial charge in [0, 0.05) is 10.6 Å². The number of phenols is 2. The number of phenolic OH excluding ortho intramolecular Hbond substituents is 2. The third-order valence-corrected chi connectivity index (χ3v) is 4.37. The minimum Gasteiger partial charge on any atom is -0.508 e. The fraction of sp³-hybridized carbons (Fsp3) is 0. The maximum atomic E-state index is 13.5. The van der Waals surface area contributed by atoms with E-state index >= 15 is 0 Å². The quantitative estimate of drug-likeness (QED) is 0.456. The van der Waals surface area contributed by atoms with E-state index in [4.69, 9.17) is 11.6 Å². The summed E-state index contributed by atoms with van der Waals surface area (Å²) >= 11 is 6.12. The molecule has 0 aliphatic heterocycles. The molecule has 0 saturated carbocycles. The van der Waals surface area contributed by atoms with Crippen LogP contribution < -0.4 is 0 Å². The first kappa shape index (κ1) is 14.8. The van der Waals surface area contributed by atoms with Crippen LogP contribution in [0.4, 0.5) is 4.39 Å². The highest BCUT2D eigenvalue weighted by Crippen LogP contribution is 2.42. The van der Waals surface area contributed by atoms with Crippen LogP contribution in [0.25, 0.3) is 32.7 Å². The van der Waals surface area contributed by atoms with E-state index < -0.39 is 0 Å². The molecule has 0 heterocycles. The molecule has 0 bridgehead atoms. The molecule has 4 rings (SSSR count). The fourth-order valence-corrected chi connectivity index (χ4v) is 3.27. The zero-order chi connectivity index (χ0) is 16.8. The summed E-state index contributed by atoms with van der Waals surface area (Å²) in [5, 5.41) is 24.0. The lowest BCUT2D eigenvalue weighted by molar-refractivity contribution is 0.475. The Bertz CT molecular complexity index is 1110. The van der Waals surface area contributed by atoms with Crippen LogP contribution in [-0.4, -0.2) is 10.2 Å². The lowest BCUT2D eigenvalue weighted by Crippen LogP contribution is -1.87. The van der Waals surface area contributed by atoms with Crippen molar-refractivity contribution in [2.24, 2.45) is 0 Å². The molecule has 0 radical (unpaired) electrons.